The second kappa shape index (κ2) is 5.67. The fraction of sp³-hybridized carbons (Fsp3) is 0.263. The lowest BCUT2D eigenvalue weighted by Crippen LogP contribution is -2.55. The van der Waals surface area contributed by atoms with E-state index >= 15 is 0 Å². The molecule has 122 valence electrons. The molecule has 24 heavy (non-hydrogen) atoms. The first kappa shape index (κ1) is 15.8. The van der Waals surface area contributed by atoms with E-state index in [1.54, 1.807) is 4.90 Å². The summed E-state index contributed by atoms with van der Waals surface area (Å²) in [5.41, 5.74) is 2.49. The molecule has 5 heteroatoms. The minimum Gasteiger partial charge on any atom is -0.303 e. The van der Waals surface area contributed by atoms with Gasteiger partial charge in [-0.15, -0.1) is 0 Å². The number of benzene rings is 2. The minimum absolute atomic E-state index is 0.0891. The Bertz CT molecular complexity index is 830. The van der Waals surface area contributed by atoms with Gasteiger partial charge in [0, 0.05) is 10.2 Å². The molecule has 2 aromatic carbocycles. The summed E-state index contributed by atoms with van der Waals surface area (Å²) in [7, 11) is 0. The summed E-state index contributed by atoms with van der Waals surface area (Å²) in [5, 5.41) is 0.565. The van der Waals surface area contributed by atoms with E-state index in [-0.39, 0.29) is 5.91 Å². The highest BCUT2D eigenvalue weighted by atomic mass is 79.9. The Morgan fingerprint density at radius 1 is 1.08 bits per heavy atom. The SMILES string of the molecule is Cc1ccc(N2C(=S)N(c3ccccc3Br)C(=O)C23CCC3)cc1. The Hall–Kier alpha value is -1.72. The molecule has 0 unspecified atom stereocenters. The smallest absolute Gasteiger partial charge is 0.259 e. The van der Waals surface area contributed by atoms with Crippen LogP contribution < -0.4 is 9.80 Å². The second-order valence-electron chi connectivity index (χ2n) is 6.43. The molecule has 0 N–H and O–H groups in total. The summed E-state index contributed by atoms with van der Waals surface area (Å²) in [6.45, 7) is 2.06. The van der Waals surface area contributed by atoms with Gasteiger partial charge >= 0.3 is 0 Å². The predicted molar refractivity (Wildman–Crippen MR) is 104 cm³/mol. The number of carbonyl (C=O) groups is 1. The van der Waals surface area contributed by atoms with Crippen molar-refractivity contribution in [1.29, 1.82) is 0 Å². The highest BCUT2D eigenvalue weighted by molar-refractivity contribution is 9.10. The van der Waals surface area contributed by atoms with Gasteiger partial charge in [-0.3, -0.25) is 9.69 Å². The highest BCUT2D eigenvalue weighted by Crippen LogP contribution is 2.48. The molecule has 1 aliphatic carbocycles. The van der Waals surface area contributed by atoms with Gasteiger partial charge in [0.2, 0.25) is 0 Å². The van der Waals surface area contributed by atoms with Crippen molar-refractivity contribution < 1.29 is 4.79 Å². The molecule has 0 atom stereocenters. The van der Waals surface area contributed by atoms with E-state index in [0.29, 0.717) is 5.11 Å². The zero-order chi connectivity index (χ0) is 16.9. The lowest BCUT2D eigenvalue weighted by Gasteiger charge is -2.43. The maximum Gasteiger partial charge on any atom is 0.259 e. The van der Waals surface area contributed by atoms with Crippen LogP contribution in [0, 0.1) is 6.92 Å². The van der Waals surface area contributed by atoms with Crippen LogP contribution in [0.2, 0.25) is 0 Å². The van der Waals surface area contributed by atoms with Crippen LogP contribution in [0.1, 0.15) is 24.8 Å². The Kier molecular flexibility index (Phi) is 3.73. The molecule has 4 rings (SSSR count). The number of halogens is 1. The third-order valence-electron chi connectivity index (χ3n) is 4.98. The summed E-state index contributed by atoms with van der Waals surface area (Å²) >= 11 is 9.31. The zero-order valence-corrected chi connectivity index (χ0v) is 15.7. The van der Waals surface area contributed by atoms with E-state index in [4.69, 9.17) is 12.2 Å². The number of aryl methyl sites for hydroxylation is 1. The van der Waals surface area contributed by atoms with Crippen molar-refractivity contribution in [3.8, 4) is 0 Å². The van der Waals surface area contributed by atoms with Crippen molar-refractivity contribution in [3.05, 3.63) is 58.6 Å². The van der Waals surface area contributed by atoms with E-state index in [0.717, 1.165) is 35.1 Å². The van der Waals surface area contributed by atoms with Gasteiger partial charge in [0.1, 0.15) is 5.54 Å². The first-order valence-corrected chi connectivity index (χ1v) is 9.25. The number of rotatable bonds is 2. The van der Waals surface area contributed by atoms with E-state index in [2.05, 4.69) is 52.0 Å². The van der Waals surface area contributed by atoms with Gasteiger partial charge in [-0.05, 0) is 78.6 Å². The van der Waals surface area contributed by atoms with Crippen molar-refractivity contribution in [1.82, 2.24) is 0 Å². The van der Waals surface area contributed by atoms with Crippen molar-refractivity contribution in [2.24, 2.45) is 0 Å². The lowest BCUT2D eigenvalue weighted by atomic mass is 9.75. The van der Waals surface area contributed by atoms with Crippen LogP contribution in [0.15, 0.2) is 53.0 Å². The topological polar surface area (TPSA) is 23.6 Å². The Morgan fingerprint density at radius 3 is 2.33 bits per heavy atom. The van der Waals surface area contributed by atoms with Crippen molar-refractivity contribution >= 4 is 50.5 Å². The normalized spacial score (nSPS) is 19.1. The van der Waals surface area contributed by atoms with Gasteiger partial charge < -0.3 is 4.90 Å². The molecule has 2 fully saturated rings. The molecule has 0 bridgehead atoms. The number of thiocarbonyl (C=S) groups is 1. The van der Waals surface area contributed by atoms with E-state index in [9.17, 15) is 4.79 Å². The average molecular weight is 401 g/mol. The Morgan fingerprint density at radius 2 is 1.75 bits per heavy atom. The molecule has 1 amide bonds. The Labute approximate surface area is 155 Å². The van der Waals surface area contributed by atoms with Crippen molar-refractivity contribution in [2.75, 3.05) is 9.80 Å². The van der Waals surface area contributed by atoms with E-state index < -0.39 is 5.54 Å². The van der Waals surface area contributed by atoms with Crippen molar-refractivity contribution in [2.45, 2.75) is 31.7 Å². The molecule has 1 saturated carbocycles. The van der Waals surface area contributed by atoms with E-state index in [1.807, 2.05) is 24.3 Å². The monoisotopic (exact) mass is 400 g/mol. The maximum absolute atomic E-state index is 13.3. The lowest BCUT2D eigenvalue weighted by molar-refractivity contribution is -0.123. The van der Waals surface area contributed by atoms with Gasteiger partial charge in [0.05, 0.1) is 5.69 Å². The van der Waals surface area contributed by atoms with E-state index in [1.165, 1.54) is 5.56 Å². The van der Waals surface area contributed by atoms with Crippen LogP contribution in [0.3, 0.4) is 0 Å². The van der Waals surface area contributed by atoms with Crippen LogP contribution >= 0.6 is 28.1 Å². The number of nitrogens with zero attached hydrogens (tertiary/aromatic N) is 2. The number of hydrogen-bond donors (Lipinski definition) is 0. The van der Waals surface area contributed by atoms with Crippen molar-refractivity contribution in [3.63, 3.8) is 0 Å². The number of amides is 1. The largest absolute Gasteiger partial charge is 0.303 e. The number of anilines is 2. The summed E-state index contributed by atoms with van der Waals surface area (Å²) in [6, 6.07) is 16.0. The average Bonchev–Trinajstić information content (AvgIpc) is 2.76. The molecule has 2 aliphatic rings. The van der Waals surface area contributed by atoms with Gasteiger partial charge in [-0.25, -0.2) is 0 Å². The molecular formula is C19H17BrN2OS. The molecule has 0 radical (unpaired) electrons. The predicted octanol–water partition coefficient (Wildman–Crippen LogP) is 4.82. The fourth-order valence-electron chi connectivity index (χ4n) is 3.52. The van der Waals surface area contributed by atoms with Crippen LogP contribution in [0.4, 0.5) is 11.4 Å². The number of hydrogen-bond acceptors (Lipinski definition) is 2. The third-order valence-corrected chi connectivity index (χ3v) is 6.01. The van der Waals surface area contributed by atoms with Gasteiger partial charge in [-0.1, -0.05) is 29.8 Å². The quantitative estimate of drug-likeness (QED) is 0.675. The first-order chi connectivity index (χ1) is 11.5. The first-order valence-electron chi connectivity index (χ1n) is 8.04. The maximum atomic E-state index is 13.3. The summed E-state index contributed by atoms with van der Waals surface area (Å²) in [5.74, 6) is 0.0891. The van der Waals surface area contributed by atoms with Crippen LogP contribution in [-0.4, -0.2) is 16.6 Å². The van der Waals surface area contributed by atoms with Crippen LogP contribution in [0.25, 0.3) is 0 Å². The molecule has 1 aliphatic heterocycles. The molecular weight excluding hydrogens is 384 g/mol. The number of para-hydroxylation sites is 1. The zero-order valence-electron chi connectivity index (χ0n) is 13.3. The molecule has 2 aromatic rings. The molecule has 0 aromatic heterocycles. The van der Waals surface area contributed by atoms with Gasteiger partial charge in [0.15, 0.2) is 5.11 Å². The van der Waals surface area contributed by atoms with Crippen LogP contribution in [0.5, 0.6) is 0 Å². The second-order valence-corrected chi connectivity index (χ2v) is 7.65. The fourth-order valence-corrected chi connectivity index (χ4v) is 4.44. The minimum atomic E-state index is -0.512. The van der Waals surface area contributed by atoms with Crippen LogP contribution in [-0.2, 0) is 4.79 Å². The highest BCUT2D eigenvalue weighted by Gasteiger charge is 2.59. The molecule has 3 nitrogen and oxygen atoms in total. The third kappa shape index (κ3) is 2.15. The van der Waals surface area contributed by atoms with Gasteiger partial charge in [-0.2, -0.15) is 0 Å². The number of carbonyl (C=O) groups excluding carboxylic acids is 1. The Balaban J connectivity index is 1.83. The molecule has 1 heterocycles. The standard InChI is InChI=1S/C19H17BrN2OS/c1-13-7-9-14(10-8-13)22-18(24)21(16-6-3-2-5-15(16)20)17(23)19(22)11-4-12-19/h2-3,5-10H,4,11-12H2,1H3. The molecule has 1 saturated heterocycles. The summed E-state index contributed by atoms with van der Waals surface area (Å²) in [4.78, 5) is 17.1. The summed E-state index contributed by atoms with van der Waals surface area (Å²) < 4.78 is 0.876. The molecule has 1 spiro atoms. The summed E-state index contributed by atoms with van der Waals surface area (Å²) in [6.07, 6.45) is 2.75. The van der Waals surface area contributed by atoms with Gasteiger partial charge in [0.25, 0.3) is 5.91 Å².